The van der Waals surface area contributed by atoms with E-state index < -0.39 is 0 Å². The molecule has 1 fully saturated rings. The summed E-state index contributed by atoms with van der Waals surface area (Å²) < 4.78 is 5.37. The first-order valence-electron chi connectivity index (χ1n) is 7.35. The van der Waals surface area contributed by atoms with Crippen LogP contribution in [0.25, 0.3) is 0 Å². The number of halogens is 2. The number of hydrogen-bond acceptors (Lipinski definition) is 3. The topological polar surface area (TPSA) is 24.5 Å². The van der Waals surface area contributed by atoms with Crippen LogP contribution in [-0.4, -0.2) is 38.2 Å². The smallest absolute Gasteiger partial charge is 0.119 e. The molecule has 2 rings (SSSR count). The zero-order chi connectivity index (χ0) is 13.7. The lowest BCUT2D eigenvalue weighted by Crippen LogP contribution is -2.46. The molecule has 5 heteroatoms. The van der Waals surface area contributed by atoms with Gasteiger partial charge in [-0.25, -0.2) is 0 Å². The van der Waals surface area contributed by atoms with Crippen LogP contribution in [0.2, 0.25) is 0 Å². The Kier molecular flexibility index (Phi) is 10.0. The Labute approximate surface area is 141 Å². The molecule has 0 saturated carbocycles. The average Bonchev–Trinajstić information content (AvgIpc) is 2.48. The van der Waals surface area contributed by atoms with E-state index in [1.165, 1.54) is 12.0 Å². The minimum atomic E-state index is 0. The number of piperazine rings is 1. The molecule has 1 unspecified atom stereocenters. The molecule has 0 aromatic heterocycles. The van der Waals surface area contributed by atoms with Crippen LogP contribution in [0.5, 0.6) is 5.75 Å². The number of benzene rings is 1. The molecule has 1 saturated heterocycles. The second-order valence-electron chi connectivity index (χ2n) is 5.39. The van der Waals surface area contributed by atoms with Gasteiger partial charge in [0.2, 0.25) is 0 Å². The van der Waals surface area contributed by atoms with Gasteiger partial charge in [-0.1, -0.05) is 32.4 Å². The number of rotatable bonds is 5. The number of nitrogens with zero attached hydrogens (tertiary/aromatic N) is 1. The van der Waals surface area contributed by atoms with Crippen LogP contribution in [-0.2, 0) is 0 Å². The maximum absolute atomic E-state index is 5.37. The standard InChI is InChI=1S/C16H26N2O.2ClH/c1-4-13(2)16(18-10-8-17-9-11-18)14-6-5-7-15(12-14)19-3;;/h5-7,12-13,16-17H,4,8-11H2,1-3H3;2*1H/t13?,16-;;/m0../s1. The largest absolute Gasteiger partial charge is 0.497 e. The molecule has 0 spiro atoms. The fraction of sp³-hybridized carbons (Fsp3) is 0.625. The number of methoxy groups -OCH3 is 1. The Balaban J connectivity index is 0.00000200. The quantitative estimate of drug-likeness (QED) is 0.891. The van der Waals surface area contributed by atoms with Gasteiger partial charge in [0.25, 0.3) is 0 Å². The number of nitrogens with one attached hydrogen (secondary N) is 1. The van der Waals surface area contributed by atoms with Crippen molar-refractivity contribution in [3.05, 3.63) is 29.8 Å². The second-order valence-corrected chi connectivity index (χ2v) is 5.39. The summed E-state index contributed by atoms with van der Waals surface area (Å²) >= 11 is 0. The Morgan fingerprint density at radius 2 is 1.90 bits per heavy atom. The van der Waals surface area contributed by atoms with Crippen molar-refractivity contribution < 1.29 is 4.74 Å². The second kappa shape index (κ2) is 10.3. The molecule has 1 heterocycles. The van der Waals surface area contributed by atoms with Crippen LogP contribution < -0.4 is 10.1 Å². The summed E-state index contributed by atoms with van der Waals surface area (Å²) in [5.74, 6) is 1.62. The van der Waals surface area contributed by atoms with Gasteiger partial charge in [0.1, 0.15) is 5.75 Å². The SMILES string of the molecule is CCC(C)[C@@H](c1cccc(OC)c1)N1CCNCC1.Cl.Cl. The van der Waals surface area contributed by atoms with Gasteiger partial charge >= 0.3 is 0 Å². The Bertz CT molecular complexity index is 398. The van der Waals surface area contributed by atoms with Crippen molar-refractivity contribution in [1.82, 2.24) is 10.2 Å². The van der Waals surface area contributed by atoms with Crippen LogP contribution in [0.1, 0.15) is 31.9 Å². The fourth-order valence-corrected chi connectivity index (χ4v) is 2.91. The van der Waals surface area contributed by atoms with E-state index in [0.29, 0.717) is 12.0 Å². The number of ether oxygens (including phenoxy) is 1. The van der Waals surface area contributed by atoms with Gasteiger partial charge in [0, 0.05) is 32.2 Å². The maximum Gasteiger partial charge on any atom is 0.119 e. The van der Waals surface area contributed by atoms with Crippen molar-refractivity contribution in [3.8, 4) is 5.75 Å². The van der Waals surface area contributed by atoms with Crippen molar-refractivity contribution in [2.45, 2.75) is 26.3 Å². The van der Waals surface area contributed by atoms with Gasteiger partial charge in [0.15, 0.2) is 0 Å². The van der Waals surface area contributed by atoms with Gasteiger partial charge in [0.05, 0.1) is 7.11 Å². The molecular formula is C16H28Cl2N2O. The minimum Gasteiger partial charge on any atom is -0.497 e. The lowest BCUT2D eigenvalue weighted by atomic mass is 9.90. The van der Waals surface area contributed by atoms with Crippen molar-refractivity contribution in [2.24, 2.45) is 5.92 Å². The predicted octanol–water partition coefficient (Wildman–Crippen LogP) is 3.53. The summed E-state index contributed by atoms with van der Waals surface area (Å²) in [5, 5.41) is 3.43. The highest BCUT2D eigenvalue weighted by atomic mass is 35.5. The molecule has 2 atom stereocenters. The van der Waals surface area contributed by atoms with Crippen LogP contribution >= 0.6 is 24.8 Å². The van der Waals surface area contributed by atoms with Gasteiger partial charge < -0.3 is 10.1 Å². The van der Waals surface area contributed by atoms with Crippen LogP contribution in [0.15, 0.2) is 24.3 Å². The third-order valence-corrected chi connectivity index (χ3v) is 4.16. The van der Waals surface area contributed by atoms with Crippen molar-refractivity contribution in [3.63, 3.8) is 0 Å². The van der Waals surface area contributed by atoms with Gasteiger partial charge in [-0.15, -0.1) is 24.8 Å². The predicted molar refractivity (Wildman–Crippen MR) is 94.1 cm³/mol. The molecule has 1 aromatic carbocycles. The Morgan fingerprint density at radius 1 is 1.24 bits per heavy atom. The highest BCUT2D eigenvalue weighted by Crippen LogP contribution is 2.32. The van der Waals surface area contributed by atoms with Gasteiger partial charge in [-0.3, -0.25) is 4.90 Å². The van der Waals surface area contributed by atoms with Gasteiger partial charge in [-0.05, 0) is 23.6 Å². The van der Waals surface area contributed by atoms with Crippen molar-refractivity contribution in [1.29, 1.82) is 0 Å². The van der Waals surface area contributed by atoms with E-state index in [1.807, 2.05) is 6.07 Å². The fourth-order valence-electron chi connectivity index (χ4n) is 2.91. The highest BCUT2D eigenvalue weighted by Gasteiger charge is 2.26. The molecule has 1 aliphatic heterocycles. The lowest BCUT2D eigenvalue weighted by molar-refractivity contribution is 0.128. The van der Waals surface area contributed by atoms with E-state index in [9.17, 15) is 0 Å². The molecule has 21 heavy (non-hydrogen) atoms. The van der Waals surface area contributed by atoms with E-state index in [4.69, 9.17) is 4.74 Å². The zero-order valence-electron chi connectivity index (χ0n) is 13.2. The third kappa shape index (κ3) is 5.33. The van der Waals surface area contributed by atoms with Crippen LogP contribution in [0, 0.1) is 5.92 Å². The first-order chi connectivity index (χ1) is 9.26. The Morgan fingerprint density at radius 3 is 2.48 bits per heavy atom. The van der Waals surface area contributed by atoms with E-state index in [-0.39, 0.29) is 24.8 Å². The summed E-state index contributed by atoms with van der Waals surface area (Å²) in [6, 6.07) is 9.06. The summed E-state index contributed by atoms with van der Waals surface area (Å²) in [6.07, 6.45) is 1.20. The van der Waals surface area contributed by atoms with E-state index in [2.05, 4.69) is 42.3 Å². The molecular weight excluding hydrogens is 307 g/mol. The summed E-state index contributed by atoms with van der Waals surface area (Å²) in [5.41, 5.74) is 1.38. The molecule has 1 aliphatic rings. The molecule has 1 aromatic rings. The van der Waals surface area contributed by atoms with Crippen LogP contribution in [0.3, 0.4) is 0 Å². The first kappa shape index (κ1) is 20.5. The molecule has 0 bridgehead atoms. The molecule has 1 N–H and O–H groups in total. The van der Waals surface area contributed by atoms with E-state index in [0.717, 1.165) is 31.9 Å². The minimum absolute atomic E-state index is 0. The molecule has 0 aliphatic carbocycles. The summed E-state index contributed by atoms with van der Waals surface area (Å²) in [6.45, 7) is 9.08. The lowest BCUT2D eigenvalue weighted by Gasteiger charge is -2.38. The van der Waals surface area contributed by atoms with Crippen LogP contribution in [0.4, 0.5) is 0 Å². The monoisotopic (exact) mass is 334 g/mol. The summed E-state index contributed by atoms with van der Waals surface area (Å²) in [4.78, 5) is 2.61. The average molecular weight is 335 g/mol. The molecule has 0 amide bonds. The molecule has 122 valence electrons. The van der Waals surface area contributed by atoms with E-state index >= 15 is 0 Å². The van der Waals surface area contributed by atoms with E-state index in [1.54, 1.807) is 7.11 Å². The summed E-state index contributed by atoms with van der Waals surface area (Å²) in [7, 11) is 1.74. The molecule has 0 radical (unpaired) electrons. The Hall–Kier alpha value is -0.480. The number of hydrogen-bond donors (Lipinski definition) is 1. The zero-order valence-corrected chi connectivity index (χ0v) is 14.8. The maximum atomic E-state index is 5.37. The van der Waals surface area contributed by atoms with Crippen molar-refractivity contribution >= 4 is 24.8 Å². The third-order valence-electron chi connectivity index (χ3n) is 4.16. The highest BCUT2D eigenvalue weighted by molar-refractivity contribution is 5.85. The normalized spacial score (nSPS) is 18.0. The van der Waals surface area contributed by atoms with Gasteiger partial charge in [-0.2, -0.15) is 0 Å². The first-order valence-corrected chi connectivity index (χ1v) is 7.35. The van der Waals surface area contributed by atoms with Crippen molar-refractivity contribution in [2.75, 3.05) is 33.3 Å². The molecule has 3 nitrogen and oxygen atoms in total.